The number of amides is 1. The second-order valence-corrected chi connectivity index (χ2v) is 6.16. The van der Waals surface area contributed by atoms with Crippen molar-refractivity contribution in [3.8, 4) is 17.4 Å². The molecular formula is C19H14BrFN2O3. The monoisotopic (exact) mass is 416 g/mol. The molecule has 0 radical (unpaired) electrons. The first-order valence-electron chi connectivity index (χ1n) is 7.59. The molecule has 1 N–H and O–H groups in total. The maximum atomic E-state index is 13.7. The number of methoxy groups -OCH3 is 1. The molecule has 0 saturated heterocycles. The van der Waals surface area contributed by atoms with Crippen molar-refractivity contribution in [2.24, 2.45) is 0 Å². The molecule has 26 heavy (non-hydrogen) atoms. The van der Waals surface area contributed by atoms with Crippen LogP contribution in [0.5, 0.6) is 17.4 Å². The maximum Gasteiger partial charge on any atom is 0.257 e. The number of benzene rings is 2. The van der Waals surface area contributed by atoms with Crippen LogP contribution in [-0.2, 0) is 0 Å². The predicted molar refractivity (Wildman–Crippen MR) is 99.4 cm³/mol. The first kappa shape index (κ1) is 17.9. The fourth-order valence-corrected chi connectivity index (χ4v) is 2.41. The third-order valence-electron chi connectivity index (χ3n) is 3.44. The first-order valence-corrected chi connectivity index (χ1v) is 8.39. The van der Waals surface area contributed by atoms with Gasteiger partial charge in [0.25, 0.3) is 5.91 Å². The minimum absolute atomic E-state index is 0.110. The number of halogens is 2. The lowest BCUT2D eigenvalue weighted by molar-refractivity contribution is 0.102. The Morgan fingerprint density at radius 2 is 1.88 bits per heavy atom. The minimum Gasteiger partial charge on any atom is -0.494 e. The molecule has 1 heterocycles. The zero-order valence-corrected chi connectivity index (χ0v) is 15.3. The Morgan fingerprint density at radius 1 is 1.12 bits per heavy atom. The average molecular weight is 417 g/mol. The number of anilines is 1. The van der Waals surface area contributed by atoms with E-state index < -0.39 is 11.7 Å². The van der Waals surface area contributed by atoms with Gasteiger partial charge in [0.1, 0.15) is 5.75 Å². The van der Waals surface area contributed by atoms with E-state index in [1.165, 1.54) is 25.4 Å². The lowest BCUT2D eigenvalue weighted by Gasteiger charge is -2.08. The molecule has 7 heteroatoms. The molecule has 0 saturated carbocycles. The molecule has 5 nitrogen and oxygen atoms in total. The molecule has 0 aliphatic heterocycles. The molecule has 0 atom stereocenters. The highest BCUT2D eigenvalue weighted by Gasteiger charge is 2.10. The molecule has 0 bridgehead atoms. The van der Waals surface area contributed by atoms with Crippen LogP contribution in [0, 0.1) is 5.82 Å². The number of nitrogens with zero attached hydrogens (tertiary/aromatic N) is 1. The number of hydrogen-bond donors (Lipinski definition) is 1. The summed E-state index contributed by atoms with van der Waals surface area (Å²) in [6, 6.07) is 14.7. The molecule has 3 aromatic rings. The molecule has 0 fully saturated rings. The van der Waals surface area contributed by atoms with E-state index in [-0.39, 0.29) is 5.75 Å². The summed E-state index contributed by atoms with van der Waals surface area (Å²) in [5.74, 6) is 0.143. The third-order valence-corrected chi connectivity index (χ3v) is 3.97. The Hall–Kier alpha value is -2.93. The van der Waals surface area contributed by atoms with E-state index in [2.05, 4.69) is 26.2 Å². The highest BCUT2D eigenvalue weighted by atomic mass is 79.9. The van der Waals surface area contributed by atoms with Crippen LogP contribution < -0.4 is 14.8 Å². The van der Waals surface area contributed by atoms with E-state index in [1.54, 1.807) is 30.3 Å². The number of aromatic nitrogens is 1. The summed E-state index contributed by atoms with van der Waals surface area (Å²) < 4.78 is 25.1. The highest BCUT2D eigenvalue weighted by molar-refractivity contribution is 9.10. The van der Waals surface area contributed by atoms with Gasteiger partial charge in [0.2, 0.25) is 5.88 Å². The molecular weight excluding hydrogens is 403 g/mol. The maximum absolute atomic E-state index is 13.7. The van der Waals surface area contributed by atoms with Crippen LogP contribution in [0.4, 0.5) is 10.1 Å². The third kappa shape index (κ3) is 4.37. The van der Waals surface area contributed by atoms with Crippen LogP contribution in [0.1, 0.15) is 10.4 Å². The van der Waals surface area contributed by atoms with Crippen molar-refractivity contribution in [2.75, 3.05) is 12.4 Å². The van der Waals surface area contributed by atoms with E-state index in [0.29, 0.717) is 22.9 Å². The number of nitrogens with one attached hydrogen (secondary N) is 1. The van der Waals surface area contributed by atoms with Crippen LogP contribution in [0.15, 0.2) is 65.3 Å². The fraction of sp³-hybridized carbons (Fsp3) is 0.0526. The van der Waals surface area contributed by atoms with Crippen LogP contribution in [-0.4, -0.2) is 18.0 Å². The summed E-state index contributed by atoms with van der Waals surface area (Å²) in [5.41, 5.74) is 0.646. The Kier molecular flexibility index (Phi) is 5.48. The molecule has 3 rings (SSSR count). The normalized spacial score (nSPS) is 10.3. The van der Waals surface area contributed by atoms with Gasteiger partial charge in [-0.05, 0) is 42.5 Å². The smallest absolute Gasteiger partial charge is 0.257 e. The summed E-state index contributed by atoms with van der Waals surface area (Å²) in [5, 5.41) is 2.61. The van der Waals surface area contributed by atoms with Crippen molar-refractivity contribution in [1.82, 2.24) is 4.98 Å². The topological polar surface area (TPSA) is 60.5 Å². The van der Waals surface area contributed by atoms with Crippen molar-refractivity contribution in [3.63, 3.8) is 0 Å². The van der Waals surface area contributed by atoms with Crippen LogP contribution in [0.2, 0.25) is 0 Å². The fourth-order valence-electron chi connectivity index (χ4n) is 2.15. The van der Waals surface area contributed by atoms with Gasteiger partial charge in [0.15, 0.2) is 11.6 Å². The van der Waals surface area contributed by atoms with Gasteiger partial charge in [-0.1, -0.05) is 15.9 Å². The van der Waals surface area contributed by atoms with E-state index >= 15 is 0 Å². The van der Waals surface area contributed by atoms with Gasteiger partial charge in [-0.15, -0.1) is 0 Å². The van der Waals surface area contributed by atoms with Gasteiger partial charge in [0, 0.05) is 28.5 Å². The van der Waals surface area contributed by atoms with Crippen molar-refractivity contribution in [3.05, 3.63) is 76.6 Å². The van der Waals surface area contributed by atoms with E-state index in [9.17, 15) is 9.18 Å². The van der Waals surface area contributed by atoms with E-state index in [1.807, 2.05) is 12.1 Å². The largest absolute Gasteiger partial charge is 0.494 e. The van der Waals surface area contributed by atoms with Gasteiger partial charge in [-0.25, -0.2) is 9.37 Å². The molecule has 0 aliphatic rings. The minimum atomic E-state index is -0.554. The van der Waals surface area contributed by atoms with Gasteiger partial charge in [0.05, 0.1) is 12.7 Å². The summed E-state index contributed by atoms with van der Waals surface area (Å²) in [7, 11) is 1.38. The molecule has 132 valence electrons. The van der Waals surface area contributed by atoms with Crippen LogP contribution in [0.25, 0.3) is 0 Å². The predicted octanol–water partition coefficient (Wildman–Crippen LogP) is 5.04. The number of hydrogen-bond acceptors (Lipinski definition) is 4. The van der Waals surface area contributed by atoms with Gasteiger partial charge >= 0.3 is 0 Å². The number of rotatable bonds is 5. The van der Waals surface area contributed by atoms with E-state index in [0.717, 1.165) is 4.47 Å². The van der Waals surface area contributed by atoms with Crippen molar-refractivity contribution in [2.45, 2.75) is 0 Å². The SMILES string of the molecule is COc1ccc(NC(=O)c2ccc(Oc3ccc(Br)cc3)nc2)cc1F. The Balaban J connectivity index is 1.66. The summed E-state index contributed by atoms with van der Waals surface area (Å²) in [4.78, 5) is 16.4. The summed E-state index contributed by atoms with van der Waals surface area (Å²) in [6.07, 6.45) is 1.39. The zero-order valence-electron chi connectivity index (χ0n) is 13.7. The highest BCUT2D eigenvalue weighted by Crippen LogP contribution is 2.23. The molecule has 1 aromatic heterocycles. The standard InChI is InChI=1S/C19H14BrFN2O3/c1-25-17-8-5-14(10-16(17)21)23-19(24)12-2-9-18(22-11-12)26-15-6-3-13(20)4-7-15/h2-11H,1H3,(H,23,24). The van der Waals surface area contributed by atoms with Crippen molar-refractivity contribution < 1.29 is 18.7 Å². The Labute approximate surface area is 157 Å². The van der Waals surface area contributed by atoms with Gasteiger partial charge in [-0.3, -0.25) is 4.79 Å². The lowest BCUT2D eigenvalue weighted by Crippen LogP contribution is -2.12. The van der Waals surface area contributed by atoms with Crippen LogP contribution >= 0.6 is 15.9 Å². The Morgan fingerprint density at radius 3 is 2.50 bits per heavy atom. The molecule has 0 aliphatic carbocycles. The quantitative estimate of drug-likeness (QED) is 0.632. The van der Waals surface area contributed by atoms with Crippen molar-refractivity contribution in [1.29, 1.82) is 0 Å². The number of carbonyl (C=O) groups excluding carboxylic acids is 1. The zero-order chi connectivity index (χ0) is 18.5. The number of carbonyl (C=O) groups is 1. The van der Waals surface area contributed by atoms with Gasteiger partial charge < -0.3 is 14.8 Å². The van der Waals surface area contributed by atoms with Gasteiger partial charge in [-0.2, -0.15) is 0 Å². The molecule has 0 unspecified atom stereocenters. The number of pyridine rings is 1. The summed E-state index contributed by atoms with van der Waals surface area (Å²) in [6.45, 7) is 0. The summed E-state index contributed by atoms with van der Waals surface area (Å²) >= 11 is 3.35. The lowest BCUT2D eigenvalue weighted by atomic mass is 10.2. The van der Waals surface area contributed by atoms with Crippen LogP contribution in [0.3, 0.4) is 0 Å². The van der Waals surface area contributed by atoms with Crippen molar-refractivity contribution >= 4 is 27.5 Å². The molecule has 1 amide bonds. The van der Waals surface area contributed by atoms with E-state index in [4.69, 9.17) is 9.47 Å². The second-order valence-electron chi connectivity index (χ2n) is 5.24. The first-order chi connectivity index (χ1) is 12.5. The Bertz CT molecular complexity index is 915. The number of ether oxygens (including phenoxy) is 2. The second kappa shape index (κ2) is 7.97. The average Bonchev–Trinajstić information content (AvgIpc) is 2.64. The molecule has 2 aromatic carbocycles. The molecule has 0 spiro atoms.